The number of nitrogens with zero attached hydrogens (tertiary/aromatic N) is 6. The van der Waals surface area contributed by atoms with E-state index in [1.807, 2.05) is 0 Å². The topological polar surface area (TPSA) is 37.9 Å². The lowest BCUT2D eigenvalue weighted by Gasteiger charge is -2.21. The summed E-state index contributed by atoms with van der Waals surface area (Å²) in [6, 6.07) is 70.1. The van der Waals surface area contributed by atoms with Gasteiger partial charge in [0.15, 0.2) is 0 Å². The quantitative estimate of drug-likeness (QED) is 0.0586. The summed E-state index contributed by atoms with van der Waals surface area (Å²) in [6.45, 7) is 0.772. The number of benzene rings is 8. The summed E-state index contributed by atoms with van der Waals surface area (Å²) in [4.78, 5) is 12.8. The predicted molar refractivity (Wildman–Crippen MR) is 319 cm³/mol. The average Bonchev–Trinajstić information content (AvgIpc) is 3.41. The minimum Gasteiger partial charge on any atom is -0.490 e. The van der Waals surface area contributed by atoms with Crippen molar-refractivity contribution in [2.45, 2.75) is 0 Å². The van der Waals surface area contributed by atoms with Crippen molar-refractivity contribution in [3.05, 3.63) is 239 Å². The van der Waals surface area contributed by atoms with E-state index >= 15 is 0 Å². The number of hydrogen-bond donors (Lipinski definition) is 0. The maximum Gasteiger partial charge on any atom is 0.122 e. The van der Waals surface area contributed by atoms with Crippen molar-refractivity contribution in [2.75, 3.05) is 127 Å². The Labute approximate surface area is 441 Å². The van der Waals surface area contributed by atoms with E-state index in [2.05, 4.69) is 308 Å². The highest BCUT2D eigenvalue weighted by molar-refractivity contribution is 6.06. The minimum absolute atomic E-state index is 0.386. The van der Waals surface area contributed by atoms with Crippen LogP contribution in [0.15, 0.2) is 194 Å². The van der Waals surface area contributed by atoms with Gasteiger partial charge in [-0.25, -0.2) is 0 Å². The van der Waals surface area contributed by atoms with Crippen LogP contribution in [0.25, 0.3) is 22.3 Å². The van der Waals surface area contributed by atoms with Gasteiger partial charge in [0.2, 0.25) is 0 Å². The molecule has 0 bridgehead atoms. The number of hydrogen-bond acceptors (Lipinski definition) is 8. The molecule has 0 aromatic heterocycles. The molecule has 0 saturated carbocycles. The first-order valence-electron chi connectivity index (χ1n) is 25.3. The van der Waals surface area contributed by atoms with Gasteiger partial charge in [-0.05, 0) is 164 Å². The first-order chi connectivity index (χ1) is 35.6. The van der Waals surface area contributed by atoms with Crippen molar-refractivity contribution in [3.8, 4) is 11.5 Å². The first kappa shape index (κ1) is 52.0. The van der Waals surface area contributed by atoms with Gasteiger partial charge in [-0.15, -0.1) is 0 Å². The Bertz CT molecular complexity index is 2810. The van der Waals surface area contributed by atoms with Crippen LogP contribution in [-0.2, 0) is 0 Å². The van der Waals surface area contributed by atoms with Crippen LogP contribution < -0.4 is 38.9 Å². The molecule has 378 valence electrons. The normalized spacial score (nSPS) is 10.8. The van der Waals surface area contributed by atoms with Gasteiger partial charge in [-0.1, -0.05) is 97.1 Å². The van der Waals surface area contributed by atoms with Gasteiger partial charge in [0, 0.05) is 119 Å². The van der Waals surface area contributed by atoms with Crippen LogP contribution in [0.5, 0.6) is 11.5 Å². The van der Waals surface area contributed by atoms with Gasteiger partial charge < -0.3 is 38.9 Å². The number of anilines is 6. The van der Waals surface area contributed by atoms with Crippen molar-refractivity contribution < 1.29 is 9.47 Å². The SMILES string of the molecule is CN(C)c1ccc(C(=C(c2ccc(N(C)C)cc2)c2ccc(N(C)C)cc2)c2ccc(OCCOc3ccc(C(=C(c4ccc(N(C)C)cc4)c4ccc(N(C)C)cc4)c4ccc(N(C)C)cc4)cc3)cc2)cc1. The molecule has 0 aliphatic rings. The van der Waals surface area contributed by atoms with Gasteiger partial charge in [0.1, 0.15) is 24.7 Å². The summed E-state index contributed by atoms with van der Waals surface area (Å²) in [5, 5.41) is 0. The van der Waals surface area contributed by atoms with Crippen LogP contribution in [0.2, 0.25) is 0 Å². The zero-order valence-corrected chi connectivity index (χ0v) is 45.4. The van der Waals surface area contributed by atoms with E-state index in [0.29, 0.717) is 13.2 Å². The van der Waals surface area contributed by atoms with E-state index in [1.54, 1.807) is 0 Å². The van der Waals surface area contributed by atoms with Gasteiger partial charge in [-0.2, -0.15) is 0 Å². The lowest BCUT2D eigenvalue weighted by atomic mass is 9.85. The smallest absolute Gasteiger partial charge is 0.122 e. The zero-order valence-electron chi connectivity index (χ0n) is 45.4. The molecule has 0 amide bonds. The van der Waals surface area contributed by atoms with Crippen molar-refractivity contribution in [1.29, 1.82) is 0 Å². The maximum atomic E-state index is 6.36. The molecule has 0 radical (unpaired) electrons. The van der Waals surface area contributed by atoms with Crippen LogP contribution in [0.1, 0.15) is 44.5 Å². The van der Waals surface area contributed by atoms with Crippen LogP contribution >= 0.6 is 0 Å². The lowest BCUT2D eigenvalue weighted by molar-refractivity contribution is 0.217. The van der Waals surface area contributed by atoms with E-state index in [1.165, 1.54) is 0 Å². The summed E-state index contributed by atoms with van der Waals surface area (Å²) in [6.07, 6.45) is 0. The van der Waals surface area contributed by atoms with Crippen molar-refractivity contribution in [2.24, 2.45) is 0 Å². The summed E-state index contributed by atoms with van der Waals surface area (Å²) < 4.78 is 12.7. The second kappa shape index (κ2) is 23.5. The van der Waals surface area contributed by atoms with Gasteiger partial charge in [-0.3, -0.25) is 0 Å². The molecular formula is C66H72N6O2. The van der Waals surface area contributed by atoms with Gasteiger partial charge >= 0.3 is 0 Å². The number of rotatable bonds is 19. The summed E-state index contributed by atoms with van der Waals surface area (Å²) in [5.41, 5.74) is 20.5. The molecular weight excluding hydrogens is 909 g/mol. The first-order valence-corrected chi connectivity index (χ1v) is 25.3. The fourth-order valence-corrected chi connectivity index (χ4v) is 9.13. The third kappa shape index (κ3) is 12.3. The fraction of sp³-hybridized carbons (Fsp3) is 0.212. The van der Waals surface area contributed by atoms with Crippen molar-refractivity contribution >= 4 is 56.4 Å². The van der Waals surface area contributed by atoms with Crippen molar-refractivity contribution in [3.63, 3.8) is 0 Å². The van der Waals surface area contributed by atoms with Crippen LogP contribution in [0.4, 0.5) is 34.1 Å². The average molecular weight is 981 g/mol. The highest BCUT2D eigenvalue weighted by Crippen LogP contribution is 2.41. The molecule has 8 nitrogen and oxygen atoms in total. The van der Waals surface area contributed by atoms with Crippen LogP contribution in [-0.4, -0.2) is 97.8 Å². The van der Waals surface area contributed by atoms with Crippen LogP contribution in [0.3, 0.4) is 0 Å². The molecule has 0 heterocycles. The monoisotopic (exact) mass is 981 g/mol. The second-order valence-electron chi connectivity index (χ2n) is 19.9. The molecule has 8 heteroatoms. The Morgan fingerprint density at radius 2 is 0.351 bits per heavy atom. The molecule has 0 N–H and O–H groups in total. The zero-order chi connectivity index (χ0) is 52.5. The largest absolute Gasteiger partial charge is 0.490 e. The Kier molecular flexibility index (Phi) is 16.5. The second-order valence-corrected chi connectivity index (χ2v) is 19.9. The molecule has 0 spiro atoms. The third-order valence-electron chi connectivity index (χ3n) is 13.4. The molecule has 8 aromatic carbocycles. The number of ether oxygens (including phenoxy) is 2. The lowest BCUT2D eigenvalue weighted by Crippen LogP contribution is -2.09. The molecule has 0 atom stereocenters. The fourth-order valence-electron chi connectivity index (χ4n) is 9.13. The molecule has 8 rings (SSSR count). The summed E-state index contributed by atoms with van der Waals surface area (Å²) in [5.74, 6) is 1.56. The molecule has 8 aromatic rings. The highest BCUT2D eigenvalue weighted by Gasteiger charge is 2.20. The molecule has 0 saturated heterocycles. The van der Waals surface area contributed by atoms with E-state index < -0.39 is 0 Å². The van der Waals surface area contributed by atoms with E-state index in [0.717, 1.165) is 112 Å². The minimum atomic E-state index is 0.386. The Balaban J connectivity index is 1.07. The van der Waals surface area contributed by atoms with E-state index in [4.69, 9.17) is 9.47 Å². The predicted octanol–water partition coefficient (Wildman–Crippen LogP) is 13.6. The molecule has 0 fully saturated rings. The highest BCUT2D eigenvalue weighted by atomic mass is 16.5. The molecule has 0 unspecified atom stereocenters. The van der Waals surface area contributed by atoms with E-state index in [9.17, 15) is 0 Å². The van der Waals surface area contributed by atoms with E-state index in [-0.39, 0.29) is 0 Å². The molecule has 0 aliphatic carbocycles. The summed E-state index contributed by atoms with van der Waals surface area (Å²) >= 11 is 0. The maximum absolute atomic E-state index is 6.36. The Morgan fingerprint density at radius 3 is 0.486 bits per heavy atom. The Hall–Kier alpha value is -8.36. The van der Waals surface area contributed by atoms with Crippen LogP contribution in [0, 0.1) is 0 Å². The molecule has 0 aliphatic heterocycles. The Morgan fingerprint density at radius 1 is 0.216 bits per heavy atom. The summed E-state index contributed by atoms with van der Waals surface area (Å²) in [7, 11) is 24.9. The van der Waals surface area contributed by atoms with Gasteiger partial charge in [0.25, 0.3) is 0 Å². The van der Waals surface area contributed by atoms with Gasteiger partial charge in [0.05, 0.1) is 0 Å². The standard InChI is InChI=1S/C66H72N6O2/c1-67(2)55-29-13-47(14-30-55)63(48-15-31-56(32-16-48)68(3)4)65(51-21-37-59(38-22-51)71(9)10)53-25-41-61(42-26-53)73-45-46-74-62-43-27-54(28-44-62)66(52-23-39-60(40-24-52)72(11)12)64(49-17-33-57(34-18-49)69(5)6)50-19-35-58(36-20-50)70(7)8/h13-44H,45-46H2,1-12H3. The third-order valence-corrected chi connectivity index (χ3v) is 13.4. The van der Waals surface area contributed by atoms with Crippen molar-refractivity contribution in [1.82, 2.24) is 0 Å². The molecule has 74 heavy (non-hydrogen) atoms.